The van der Waals surface area contributed by atoms with Crippen molar-refractivity contribution in [3.8, 4) is 45.0 Å². The summed E-state index contributed by atoms with van der Waals surface area (Å²) >= 11 is 0. The summed E-state index contributed by atoms with van der Waals surface area (Å²) in [6, 6.07) is 23.5. The number of amides is 4. The van der Waals surface area contributed by atoms with Gasteiger partial charge in [0.1, 0.15) is 47.0 Å². The molecular formula is C100H116N28O16. The van der Waals surface area contributed by atoms with E-state index in [9.17, 15) is 19.2 Å². The molecule has 16 atom stereocenters. The minimum atomic E-state index is -0.226. The number of hydrogen-bond acceptors (Lipinski definition) is 32. The van der Waals surface area contributed by atoms with E-state index in [0.29, 0.717) is 121 Å². The molecule has 4 aliphatic heterocycles. The van der Waals surface area contributed by atoms with E-state index in [0.717, 1.165) is 141 Å². The second-order valence-electron chi connectivity index (χ2n) is 36.8. The Morgan fingerprint density at radius 3 is 0.688 bits per heavy atom. The van der Waals surface area contributed by atoms with E-state index in [4.69, 9.17) is 77.2 Å². The predicted molar refractivity (Wildman–Crippen MR) is 533 cm³/mol. The number of nitrogens with zero attached hydrogens (tertiary/aromatic N) is 20. The molecule has 8 N–H and O–H groups in total. The van der Waals surface area contributed by atoms with E-state index in [1.54, 1.807) is 125 Å². The molecule has 8 aliphatic rings. The summed E-state index contributed by atoms with van der Waals surface area (Å²) in [6.07, 6.45) is 28.8. The van der Waals surface area contributed by atoms with Gasteiger partial charge >= 0.3 is 0 Å². The number of carbonyl (C=O) groups is 4. The fourth-order valence-electron chi connectivity index (χ4n) is 20.6. The van der Waals surface area contributed by atoms with Crippen molar-refractivity contribution < 1.29 is 76.0 Å². The molecule has 24 rings (SSSR count). The van der Waals surface area contributed by atoms with Crippen LogP contribution in [0.15, 0.2) is 147 Å². The van der Waals surface area contributed by atoms with Gasteiger partial charge in [0.15, 0.2) is 45.4 Å². The number of methoxy groups -OCH3 is 8. The molecule has 0 bridgehead atoms. The van der Waals surface area contributed by atoms with Gasteiger partial charge in [-0.2, -0.15) is 20.4 Å². The molecule has 4 saturated heterocycles. The van der Waals surface area contributed by atoms with Crippen LogP contribution in [0.4, 0.5) is 22.7 Å². The molecule has 4 aliphatic carbocycles. The summed E-state index contributed by atoms with van der Waals surface area (Å²) in [7, 11) is 20.8. The summed E-state index contributed by atoms with van der Waals surface area (Å²) in [4.78, 5) is 89.2. The normalized spacial score (nSPS) is 23.8. The molecule has 0 spiro atoms. The van der Waals surface area contributed by atoms with Crippen molar-refractivity contribution >= 4 is 113 Å². The number of imidazole rings is 4. The lowest BCUT2D eigenvalue weighted by Gasteiger charge is -2.35. The van der Waals surface area contributed by atoms with Gasteiger partial charge in [0, 0.05) is 178 Å². The molecule has 752 valence electrons. The topological polar surface area (TPSA) is 467 Å². The molecule has 16 aromatic heterocycles. The van der Waals surface area contributed by atoms with Crippen LogP contribution in [-0.4, -0.2) is 331 Å². The average molecular weight is 1970 g/mol. The minimum absolute atomic E-state index is 0.000516. The maximum absolute atomic E-state index is 13.2. The summed E-state index contributed by atoms with van der Waals surface area (Å²) in [5.41, 5.74) is 16.6. The highest BCUT2D eigenvalue weighted by atomic mass is 16.6. The SMILES string of the molecule is CNc1cc(-c2cn([C@@H]3COC[C@H]3OC)c3ncccc23)nn2c(C(=O)NC3CC[C@@H]3OC)cnc12.CNc1cc(-c2cn([C@@H]3COC[C@H]3OC)c3ncccc23)nn2c(C(=O)N[C@@H]3CC[C@H]3OC)cnc12.CNc1cc(-c2cn([C@@H]3COC[C@H]3OC)c3ncccc23)nn2c(C(=O)N[C@H]3CC[C@@H]3OC)cnc12.CNc1cc(-c2cn([C@H]3COC[C@@H]3OC)c3ncccc23)nn2c(C(=O)NC3CC[C@@H]3OC)cnc12. The van der Waals surface area contributed by atoms with Crippen LogP contribution in [0.5, 0.6) is 0 Å². The Morgan fingerprint density at radius 2 is 0.500 bits per heavy atom. The molecule has 16 aromatic rings. The first-order valence-electron chi connectivity index (χ1n) is 48.4. The van der Waals surface area contributed by atoms with Crippen molar-refractivity contribution in [1.82, 2.24) is 118 Å². The van der Waals surface area contributed by atoms with Gasteiger partial charge in [0.2, 0.25) is 0 Å². The Kier molecular flexibility index (Phi) is 27.5. The Hall–Kier alpha value is -14.2. The average Bonchev–Trinajstić information content (AvgIpc) is 1.60. The van der Waals surface area contributed by atoms with Crippen LogP contribution >= 0.6 is 0 Å². The van der Waals surface area contributed by atoms with Crippen LogP contribution in [0.25, 0.3) is 112 Å². The Morgan fingerprint density at radius 1 is 0.285 bits per heavy atom. The third-order valence-corrected chi connectivity index (χ3v) is 29.3. The molecule has 0 aromatic carbocycles. The quantitative estimate of drug-likeness (QED) is 0.0226. The van der Waals surface area contributed by atoms with Crippen LogP contribution in [0.2, 0.25) is 0 Å². The molecule has 44 nitrogen and oxygen atoms in total. The monoisotopic (exact) mass is 1960 g/mol. The van der Waals surface area contributed by atoms with Crippen LogP contribution < -0.4 is 42.5 Å². The van der Waals surface area contributed by atoms with Crippen molar-refractivity contribution in [2.75, 3.05) is 159 Å². The molecule has 8 fully saturated rings. The van der Waals surface area contributed by atoms with Crippen LogP contribution in [0.1, 0.15) is 117 Å². The summed E-state index contributed by atoms with van der Waals surface area (Å²) < 4.78 is 82.0. The number of nitrogens with one attached hydrogen (secondary N) is 8. The van der Waals surface area contributed by atoms with Gasteiger partial charge in [0.25, 0.3) is 23.6 Å². The summed E-state index contributed by atoms with van der Waals surface area (Å²) in [5, 5.41) is 48.4. The van der Waals surface area contributed by atoms with Crippen molar-refractivity contribution in [3.63, 3.8) is 0 Å². The number of anilines is 4. The number of fused-ring (bicyclic) bond motifs is 8. The number of rotatable bonds is 28. The highest BCUT2D eigenvalue weighted by Crippen LogP contribution is 2.43. The number of hydrogen-bond donors (Lipinski definition) is 8. The summed E-state index contributed by atoms with van der Waals surface area (Å²) in [6.45, 7) is 4.32. The van der Waals surface area contributed by atoms with Crippen LogP contribution in [0, 0.1) is 0 Å². The van der Waals surface area contributed by atoms with Gasteiger partial charge < -0.3 is 118 Å². The zero-order valence-corrected chi connectivity index (χ0v) is 81.9. The zero-order valence-electron chi connectivity index (χ0n) is 81.9. The molecule has 20 heterocycles. The fourth-order valence-corrected chi connectivity index (χ4v) is 20.6. The van der Waals surface area contributed by atoms with E-state index in [1.165, 1.54) is 0 Å². The lowest BCUT2D eigenvalue weighted by atomic mass is 9.89. The van der Waals surface area contributed by atoms with Crippen molar-refractivity contribution in [2.45, 2.75) is 149 Å². The lowest BCUT2D eigenvalue weighted by Crippen LogP contribution is -2.51. The first kappa shape index (κ1) is 96.0. The van der Waals surface area contributed by atoms with Crippen molar-refractivity contribution in [2.24, 2.45) is 0 Å². The smallest absolute Gasteiger partial charge is 0.271 e. The zero-order chi connectivity index (χ0) is 99.2. The first-order chi connectivity index (χ1) is 70.5. The Balaban J connectivity index is 0.000000113. The standard InChI is InChI=1S/4C25H29N7O4/c4*1-26-18-9-17(30-32-19(10-28-24(18)32)25(33)29-16-6-7-21(16)34-2)15-11-31(20-12-36-13-22(20)35-3)23-14(15)5-4-8-27-23/h4*4-5,8-11,16,20-22,26H,6-7,12-13H2,1-3H3,(H,29,33)/t16?,20-,21+,22-;16?,20-,21-,22-;16-,20+,21-,22+;16-,20-,21-,22-/m1001/s1. The van der Waals surface area contributed by atoms with E-state index < -0.39 is 0 Å². The van der Waals surface area contributed by atoms with E-state index in [-0.39, 0.29) is 121 Å². The number of ether oxygens (including phenoxy) is 12. The Labute approximate surface area is 825 Å². The van der Waals surface area contributed by atoms with Gasteiger partial charge in [-0.1, -0.05) is 0 Å². The van der Waals surface area contributed by atoms with Crippen molar-refractivity contribution in [3.05, 3.63) is 170 Å². The highest BCUT2D eigenvalue weighted by molar-refractivity contribution is 6.01. The summed E-state index contributed by atoms with van der Waals surface area (Å²) in [5.74, 6) is -0.903. The van der Waals surface area contributed by atoms with Crippen molar-refractivity contribution in [1.29, 1.82) is 0 Å². The second-order valence-corrected chi connectivity index (χ2v) is 36.8. The Bertz CT molecular complexity index is 6580. The molecule has 0 radical (unpaired) electrons. The lowest BCUT2D eigenvalue weighted by molar-refractivity contribution is 0.00717. The molecule has 4 amide bonds. The van der Waals surface area contributed by atoms with Crippen LogP contribution in [-0.2, 0) is 56.8 Å². The van der Waals surface area contributed by atoms with Gasteiger partial charge in [-0.15, -0.1) is 0 Å². The predicted octanol–water partition coefficient (Wildman–Crippen LogP) is 9.12. The molecule has 44 heteroatoms. The molecular weight excluding hydrogens is 1850 g/mol. The minimum Gasteiger partial charge on any atom is -0.385 e. The third kappa shape index (κ3) is 17.6. The largest absolute Gasteiger partial charge is 0.385 e. The maximum Gasteiger partial charge on any atom is 0.271 e. The van der Waals surface area contributed by atoms with E-state index in [1.807, 2.05) is 126 Å². The third-order valence-electron chi connectivity index (χ3n) is 29.3. The maximum atomic E-state index is 13.2. The van der Waals surface area contributed by atoms with Gasteiger partial charge in [-0.25, -0.2) is 57.9 Å². The second kappa shape index (κ2) is 41.3. The highest BCUT2D eigenvalue weighted by Gasteiger charge is 2.42. The number of carbonyl (C=O) groups excluding carboxylic acids is 4. The molecule has 2 unspecified atom stereocenters. The van der Waals surface area contributed by atoms with Gasteiger partial charge in [-0.05, 0) is 124 Å². The molecule has 144 heavy (non-hydrogen) atoms. The van der Waals surface area contributed by atoms with Gasteiger partial charge in [0.05, 0.1) is 196 Å². The number of pyridine rings is 4. The first-order valence-corrected chi connectivity index (χ1v) is 48.4. The van der Waals surface area contributed by atoms with Crippen LogP contribution in [0.3, 0.4) is 0 Å². The number of aromatic nitrogens is 20. The van der Waals surface area contributed by atoms with E-state index >= 15 is 0 Å². The van der Waals surface area contributed by atoms with E-state index in [2.05, 4.69) is 101 Å². The molecule has 4 saturated carbocycles. The fraction of sp³-hybridized carbons (Fsp3) is 0.440. The van der Waals surface area contributed by atoms with Gasteiger partial charge in [-0.3, -0.25) is 19.2 Å².